The summed E-state index contributed by atoms with van der Waals surface area (Å²) in [6.45, 7) is 5.78. The van der Waals surface area contributed by atoms with Gasteiger partial charge in [0.15, 0.2) is 0 Å². The van der Waals surface area contributed by atoms with E-state index < -0.39 is 0 Å². The van der Waals surface area contributed by atoms with Crippen LogP contribution in [0.15, 0.2) is 0 Å². The first-order valence-electron chi connectivity index (χ1n) is 8.68. The molecule has 112 valence electrons. The molecule has 0 heterocycles. The Hall–Kier alpha value is -0.0800. The number of hydrogen-bond donors (Lipinski definition) is 1. The molecule has 0 bridgehead atoms. The van der Waals surface area contributed by atoms with Crippen molar-refractivity contribution in [1.29, 1.82) is 0 Å². The Bertz CT molecular complexity index is 235. The minimum absolute atomic E-state index is 0.479. The summed E-state index contributed by atoms with van der Waals surface area (Å²) >= 11 is 0. The summed E-state index contributed by atoms with van der Waals surface area (Å²) in [5.41, 5.74) is 0. The molecule has 0 saturated heterocycles. The van der Waals surface area contributed by atoms with E-state index in [-0.39, 0.29) is 0 Å². The lowest BCUT2D eigenvalue weighted by molar-refractivity contribution is -0.0541. The fourth-order valence-electron chi connectivity index (χ4n) is 3.61. The molecule has 0 amide bonds. The smallest absolute Gasteiger partial charge is 0.0731 e. The van der Waals surface area contributed by atoms with E-state index >= 15 is 0 Å². The molecular formula is C17H33NO. The summed E-state index contributed by atoms with van der Waals surface area (Å²) in [5, 5.41) is 3.73. The van der Waals surface area contributed by atoms with Gasteiger partial charge in [0.2, 0.25) is 0 Å². The van der Waals surface area contributed by atoms with Crippen LogP contribution < -0.4 is 5.32 Å². The zero-order valence-corrected chi connectivity index (χ0v) is 13.0. The summed E-state index contributed by atoms with van der Waals surface area (Å²) in [6.07, 6.45) is 14.3. The van der Waals surface area contributed by atoms with Crippen LogP contribution in [0.5, 0.6) is 0 Å². The second-order valence-electron chi connectivity index (χ2n) is 6.76. The lowest BCUT2D eigenvalue weighted by Crippen LogP contribution is -2.43. The van der Waals surface area contributed by atoms with Crippen molar-refractivity contribution in [2.24, 2.45) is 5.92 Å². The van der Waals surface area contributed by atoms with E-state index in [1.165, 1.54) is 64.2 Å². The van der Waals surface area contributed by atoms with Crippen molar-refractivity contribution in [3.05, 3.63) is 0 Å². The zero-order chi connectivity index (χ0) is 13.5. The Labute approximate surface area is 119 Å². The molecule has 1 N–H and O–H groups in total. The predicted molar refractivity (Wildman–Crippen MR) is 81.5 cm³/mol. The van der Waals surface area contributed by atoms with E-state index in [4.69, 9.17) is 4.74 Å². The summed E-state index contributed by atoms with van der Waals surface area (Å²) in [5.74, 6) is 0.919. The maximum atomic E-state index is 6.51. The first-order valence-corrected chi connectivity index (χ1v) is 8.68. The van der Waals surface area contributed by atoms with Gasteiger partial charge in [-0.15, -0.1) is 0 Å². The lowest BCUT2D eigenvalue weighted by Gasteiger charge is -2.33. The van der Waals surface area contributed by atoms with Crippen LogP contribution in [-0.2, 0) is 4.74 Å². The molecule has 2 heteroatoms. The van der Waals surface area contributed by atoms with Crippen LogP contribution in [0.3, 0.4) is 0 Å². The van der Waals surface area contributed by atoms with Crippen molar-refractivity contribution >= 4 is 0 Å². The maximum absolute atomic E-state index is 6.51. The Morgan fingerprint density at radius 2 is 1.68 bits per heavy atom. The van der Waals surface area contributed by atoms with Gasteiger partial charge in [-0.1, -0.05) is 33.1 Å². The summed E-state index contributed by atoms with van der Waals surface area (Å²) < 4.78 is 6.51. The highest BCUT2D eigenvalue weighted by molar-refractivity contribution is 4.82. The molecule has 19 heavy (non-hydrogen) atoms. The molecule has 2 unspecified atom stereocenters. The van der Waals surface area contributed by atoms with E-state index in [0.29, 0.717) is 18.2 Å². The average molecular weight is 267 g/mol. The van der Waals surface area contributed by atoms with Gasteiger partial charge in [0.05, 0.1) is 12.2 Å². The van der Waals surface area contributed by atoms with Crippen LogP contribution >= 0.6 is 0 Å². The van der Waals surface area contributed by atoms with Crippen LogP contribution in [0.4, 0.5) is 0 Å². The lowest BCUT2D eigenvalue weighted by atomic mass is 9.88. The van der Waals surface area contributed by atoms with E-state index in [1.54, 1.807) is 0 Å². The SMILES string of the molecule is CCCNC1CCCCCC1OC1CCC(C)CC1. The quantitative estimate of drug-likeness (QED) is 0.751. The van der Waals surface area contributed by atoms with Gasteiger partial charge in [-0.25, -0.2) is 0 Å². The third-order valence-electron chi connectivity index (χ3n) is 4.94. The topological polar surface area (TPSA) is 21.3 Å². The highest BCUT2D eigenvalue weighted by atomic mass is 16.5. The fourth-order valence-corrected chi connectivity index (χ4v) is 3.61. The molecule has 0 radical (unpaired) electrons. The maximum Gasteiger partial charge on any atom is 0.0731 e. The second-order valence-corrected chi connectivity index (χ2v) is 6.76. The minimum Gasteiger partial charge on any atom is -0.373 e. The van der Waals surface area contributed by atoms with Crippen molar-refractivity contribution in [3.8, 4) is 0 Å². The molecule has 2 aliphatic carbocycles. The molecule has 2 saturated carbocycles. The Kier molecular flexibility index (Phi) is 6.66. The number of hydrogen-bond acceptors (Lipinski definition) is 2. The molecule has 2 atom stereocenters. The third kappa shape index (κ3) is 5.07. The van der Waals surface area contributed by atoms with E-state index in [1.807, 2.05) is 0 Å². The van der Waals surface area contributed by atoms with Crippen LogP contribution in [0, 0.1) is 5.92 Å². The van der Waals surface area contributed by atoms with Gasteiger partial charge < -0.3 is 10.1 Å². The monoisotopic (exact) mass is 267 g/mol. The Morgan fingerprint density at radius 1 is 0.947 bits per heavy atom. The first-order chi connectivity index (χ1) is 9.29. The van der Waals surface area contributed by atoms with Gasteiger partial charge in [0, 0.05) is 6.04 Å². The minimum atomic E-state index is 0.479. The first kappa shape index (κ1) is 15.3. The molecule has 2 rings (SSSR count). The second kappa shape index (κ2) is 8.26. The van der Waals surface area contributed by atoms with Crippen LogP contribution in [-0.4, -0.2) is 24.8 Å². The number of rotatable bonds is 5. The van der Waals surface area contributed by atoms with Gasteiger partial charge >= 0.3 is 0 Å². The molecule has 0 aromatic carbocycles. The van der Waals surface area contributed by atoms with Crippen LogP contribution in [0.25, 0.3) is 0 Å². The van der Waals surface area contributed by atoms with Crippen LogP contribution in [0.2, 0.25) is 0 Å². The molecule has 2 aliphatic rings. The largest absolute Gasteiger partial charge is 0.373 e. The molecule has 0 spiro atoms. The van der Waals surface area contributed by atoms with Gasteiger partial charge in [-0.2, -0.15) is 0 Å². The average Bonchev–Trinajstić information content (AvgIpc) is 2.64. The van der Waals surface area contributed by atoms with Gasteiger partial charge in [0.1, 0.15) is 0 Å². The summed E-state index contributed by atoms with van der Waals surface area (Å²) in [4.78, 5) is 0. The van der Waals surface area contributed by atoms with Crippen molar-refractivity contribution in [3.63, 3.8) is 0 Å². The molecule has 0 aliphatic heterocycles. The Balaban J connectivity index is 1.82. The highest BCUT2D eigenvalue weighted by Crippen LogP contribution is 2.29. The third-order valence-corrected chi connectivity index (χ3v) is 4.94. The predicted octanol–water partition coefficient (Wildman–Crippen LogP) is 4.28. The summed E-state index contributed by atoms with van der Waals surface area (Å²) in [6, 6.07) is 0.613. The van der Waals surface area contributed by atoms with E-state index in [0.717, 1.165) is 12.5 Å². The van der Waals surface area contributed by atoms with Crippen molar-refractivity contribution in [2.45, 2.75) is 96.3 Å². The normalized spacial score (nSPS) is 36.9. The standard InChI is InChI=1S/C17H33NO/c1-3-13-18-16-7-5-4-6-8-17(16)19-15-11-9-14(2)10-12-15/h14-18H,3-13H2,1-2H3. The van der Waals surface area contributed by atoms with Crippen molar-refractivity contribution in [2.75, 3.05) is 6.54 Å². The number of nitrogens with one attached hydrogen (secondary N) is 1. The molecule has 2 nitrogen and oxygen atoms in total. The zero-order valence-electron chi connectivity index (χ0n) is 13.0. The molecule has 0 aromatic heterocycles. The van der Waals surface area contributed by atoms with Gasteiger partial charge in [-0.3, -0.25) is 0 Å². The van der Waals surface area contributed by atoms with E-state index in [9.17, 15) is 0 Å². The highest BCUT2D eigenvalue weighted by Gasteiger charge is 2.28. The number of ether oxygens (including phenoxy) is 1. The molecule has 2 fully saturated rings. The molecule has 0 aromatic rings. The Morgan fingerprint density at radius 3 is 2.42 bits per heavy atom. The van der Waals surface area contributed by atoms with E-state index in [2.05, 4.69) is 19.2 Å². The van der Waals surface area contributed by atoms with Crippen molar-refractivity contribution in [1.82, 2.24) is 5.32 Å². The van der Waals surface area contributed by atoms with Gasteiger partial charge in [-0.05, 0) is 57.4 Å². The van der Waals surface area contributed by atoms with Gasteiger partial charge in [0.25, 0.3) is 0 Å². The van der Waals surface area contributed by atoms with Crippen LogP contribution in [0.1, 0.15) is 78.1 Å². The summed E-state index contributed by atoms with van der Waals surface area (Å²) in [7, 11) is 0. The van der Waals surface area contributed by atoms with Crippen molar-refractivity contribution < 1.29 is 4.74 Å². The fraction of sp³-hybridized carbons (Fsp3) is 1.00. The molecular weight excluding hydrogens is 234 g/mol.